The number of rotatable bonds is 3. The van der Waals surface area contributed by atoms with Crippen molar-refractivity contribution in [3.63, 3.8) is 0 Å². The number of hydrogen-bond donors (Lipinski definition) is 1. The van der Waals surface area contributed by atoms with E-state index in [4.69, 9.17) is 0 Å². The minimum atomic E-state index is 0.220. The van der Waals surface area contributed by atoms with Crippen molar-refractivity contribution in [1.82, 2.24) is 5.32 Å². The Hall–Kier alpha value is -1.35. The predicted molar refractivity (Wildman–Crippen MR) is 74.9 cm³/mol. The molecule has 1 amide bonds. The summed E-state index contributed by atoms with van der Waals surface area (Å²) in [5.41, 5.74) is 3.38. The molecule has 0 bridgehead atoms. The van der Waals surface area contributed by atoms with Crippen LogP contribution in [0.15, 0.2) is 18.2 Å². The fourth-order valence-electron chi connectivity index (χ4n) is 2.49. The molecule has 3 nitrogen and oxygen atoms in total. The zero-order valence-corrected chi connectivity index (χ0v) is 11.5. The second-order valence-electron chi connectivity index (χ2n) is 5.31. The Morgan fingerprint density at radius 1 is 1.44 bits per heavy atom. The molecule has 18 heavy (non-hydrogen) atoms. The number of hydrogen-bond acceptors (Lipinski definition) is 2. The third-order valence-corrected chi connectivity index (χ3v) is 3.73. The van der Waals surface area contributed by atoms with Gasteiger partial charge in [-0.3, -0.25) is 4.79 Å². The van der Waals surface area contributed by atoms with E-state index >= 15 is 0 Å². The van der Waals surface area contributed by atoms with Gasteiger partial charge in [0.15, 0.2) is 0 Å². The van der Waals surface area contributed by atoms with Crippen molar-refractivity contribution in [2.24, 2.45) is 5.92 Å². The monoisotopic (exact) mass is 246 g/mol. The summed E-state index contributed by atoms with van der Waals surface area (Å²) < 4.78 is 0. The average molecular weight is 246 g/mol. The molecule has 1 fully saturated rings. The first-order valence-corrected chi connectivity index (χ1v) is 6.62. The lowest BCUT2D eigenvalue weighted by atomic mass is 10.0. The molecular formula is C15H22N2O. The first kappa shape index (κ1) is 13.1. The summed E-state index contributed by atoms with van der Waals surface area (Å²) in [5, 5.41) is 3.31. The van der Waals surface area contributed by atoms with Crippen molar-refractivity contribution in [2.75, 3.05) is 25.0 Å². The van der Waals surface area contributed by atoms with E-state index in [9.17, 15) is 4.79 Å². The van der Waals surface area contributed by atoms with E-state index in [1.165, 1.54) is 5.56 Å². The molecule has 1 aliphatic heterocycles. The Kier molecular flexibility index (Phi) is 4.02. The number of amides is 1. The highest BCUT2D eigenvalue weighted by Gasteiger charge is 2.21. The van der Waals surface area contributed by atoms with Crippen molar-refractivity contribution in [3.8, 4) is 0 Å². The Morgan fingerprint density at radius 3 is 2.89 bits per heavy atom. The quantitative estimate of drug-likeness (QED) is 0.887. The molecule has 0 saturated carbocycles. The van der Waals surface area contributed by atoms with Crippen LogP contribution in [0.1, 0.15) is 24.0 Å². The van der Waals surface area contributed by atoms with Crippen molar-refractivity contribution >= 4 is 11.6 Å². The third-order valence-electron chi connectivity index (χ3n) is 3.73. The number of anilines is 1. The lowest BCUT2D eigenvalue weighted by Gasteiger charge is -2.21. The Labute approximate surface area is 109 Å². The first-order valence-electron chi connectivity index (χ1n) is 6.62. The summed E-state index contributed by atoms with van der Waals surface area (Å²) in [6, 6.07) is 6.24. The van der Waals surface area contributed by atoms with Crippen LogP contribution < -0.4 is 10.2 Å². The molecule has 1 heterocycles. The number of nitrogens with one attached hydrogen (secondary N) is 1. The molecule has 3 heteroatoms. The topological polar surface area (TPSA) is 32.3 Å². The minimum Gasteiger partial charge on any atom is -0.316 e. The van der Waals surface area contributed by atoms with E-state index in [0.717, 1.165) is 30.8 Å². The van der Waals surface area contributed by atoms with E-state index in [2.05, 4.69) is 37.4 Å². The maximum Gasteiger partial charge on any atom is 0.227 e. The maximum absolute atomic E-state index is 12.3. The van der Waals surface area contributed by atoms with Gasteiger partial charge < -0.3 is 10.2 Å². The van der Waals surface area contributed by atoms with Crippen LogP contribution in [0.5, 0.6) is 0 Å². The van der Waals surface area contributed by atoms with Gasteiger partial charge in [-0.1, -0.05) is 12.1 Å². The lowest BCUT2D eigenvalue weighted by molar-refractivity contribution is -0.119. The van der Waals surface area contributed by atoms with Gasteiger partial charge in [-0.05, 0) is 56.5 Å². The molecule has 1 aromatic rings. The number of nitrogens with zero attached hydrogens (tertiary/aromatic N) is 1. The van der Waals surface area contributed by atoms with Crippen molar-refractivity contribution in [3.05, 3.63) is 29.3 Å². The lowest BCUT2D eigenvalue weighted by Crippen LogP contribution is -2.29. The number of carbonyl (C=O) groups is 1. The van der Waals surface area contributed by atoms with E-state index in [0.29, 0.717) is 12.3 Å². The Bertz CT molecular complexity index is 436. The molecule has 0 aromatic heterocycles. The zero-order chi connectivity index (χ0) is 13.1. The summed E-state index contributed by atoms with van der Waals surface area (Å²) >= 11 is 0. The molecule has 1 aliphatic rings. The molecule has 1 unspecified atom stereocenters. The van der Waals surface area contributed by atoms with Crippen molar-refractivity contribution in [2.45, 2.75) is 26.7 Å². The van der Waals surface area contributed by atoms with Crippen LogP contribution >= 0.6 is 0 Å². The smallest absolute Gasteiger partial charge is 0.227 e. The molecular weight excluding hydrogens is 224 g/mol. The van der Waals surface area contributed by atoms with Gasteiger partial charge in [0, 0.05) is 19.2 Å². The molecule has 1 aromatic carbocycles. The Balaban J connectivity index is 2.07. The highest BCUT2D eigenvalue weighted by Crippen LogP contribution is 2.22. The van der Waals surface area contributed by atoms with E-state index in [-0.39, 0.29) is 5.91 Å². The fraction of sp³-hybridized carbons (Fsp3) is 0.533. The highest BCUT2D eigenvalue weighted by atomic mass is 16.2. The fourth-order valence-corrected chi connectivity index (χ4v) is 2.49. The number of carbonyl (C=O) groups excluding carboxylic acids is 1. The third kappa shape index (κ3) is 2.91. The van der Waals surface area contributed by atoms with Crippen molar-refractivity contribution < 1.29 is 4.79 Å². The molecule has 1 atom stereocenters. The van der Waals surface area contributed by atoms with Gasteiger partial charge in [0.1, 0.15) is 0 Å². The number of benzene rings is 1. The van der Waals surface area contributed by atoms with E-state index < -0.39 is 0 Å². The van der Waals surface area contributed by atoms with Crippen LogP contribution in [-0.4, -0.2) is 26.0 Å². The van der Waals surface area contributed by atoms with E-state index in [1.54, 1.807) is 4.90 Å². The molecule has 0 aliphatic carbocycles. The molecule has 1 saturated heterocycles. The second kappa shape index (κ2) is 5.53. The molecule has 1 N–H and O–H groups in total. The largest absolute Gasteiger partial charge is 0.316 e. The van der Waals surface area contributed by atoms with Crippen LogP contribution in [0.25, 0.3) is 0 Å². The Morgan fingerprint density at radius 2 is 2.22 bits per heavy atom. The number of aryl methyl sites for hydroxylation is 2. The predicted octanol–water partition coefficient (Wildman–Crippen LogP) is 2.27. The molecule has 2 rings (SSSR count). The summed E-state index contributed by atoms with van der Waals surface area (Å²) in [6.07, 6.45) is 1.77. The molecule has 0 radical (unpaired) electrons. The maximum atomic E-state index is 12.3. The summed E-state index contributed by atoms with van der Waals surface area (Å²) in [5.74, 6) is 0.725. The van der Waals surface area contributed by atoms with Gasteiger partial charge in [0.2, 0.25) is 5.91 Å². The summed E-state index contributed by atoms with van der Waals surface area (Å²) in [4.78, 5) is 14.1. The summed E-state index contributed by atoms with van der Waals surface area (Å²) in [7, 11) is 1.88. The van der Waals surface area contributed by atoms with Gasteiger partial charge in [0.25, 0.3) is 0 Å². The standard InChI is InChI=1S/C15H22N2O/c1-11-4-5-12(2)14(8-11)17(3)15(18)9-13-6-7-16-10-13/h4-5,8,13,16H,6-7,9-10H2,1-3H3. The molecule has 98 valence electrons. The van der Waals surface area contributed by atoms with Gasteiger partial charge in [-0.15, -0.1) is 0 Å². The van der Waals surface area contributed by atoms with Crippen LogP contribution in [-0.2, 0) is 4.79 Å². The summed E-state index contributed by atoms with van der Waals surface area (Å²) in [6.45, 7) is 6.13. The first-order chi connectivity index (χ1) is 8.58. The van der Waals surface area contributed by atoms with Gasteiger partial charge in [-0.2, -0.15) is 0 Å². The highest BCUT2D eigenvalue weighted by molar-refractivity contribution is 5.93. The second-order valence-corrected chi connectivity index (χ2v) is 5.31. The van der Waals surface area contributed by atoms with Crippen LogP contribution in [0.2, 0.25) is 0 Å². The minimum absolute atomic E-state index is 0.220. The van der Waals surface area contributed by atoms with Crippen molar-refractivity contribution in [1.29, 1.82) is 0 Å². The van der Waals surface area contributed by atoms with Gasteiger partial charge >= 0.3 is 0 Å². The van der Waals surface area contributed by atoms with Crippen LogP contribution in [0, 0.1) is 19.8 Å². The van der Waals surface area contributed by atoms with Crippen LogP contribution in [0.4, 0.5) is 5.69 Å². The zero-order valence-electron chi connectivity index (χ0n) is 11.5. The van der Waals surface area contributed by atoms with Crippen LogP contribution in [0.3, 0.4) is 0 Å². The SMILES string of the molecule is Cc1ccc(C)c(N(C)C(=O)CC2CCNC2)c1. The molecule has 0 spiro atoms. The average Bonchev–Trinajstić information content (AvgIpc) is 2.84. The van der Waals surface area contributed by atoms with Gasteiger partial charge in [0.05, 0.1) is 0 Å². The normalized spacial score (nSPS) is 18.9. The van der Waals surface area contributed by atoms with E-state index in [1.807, 2.05) is 7.05 Å². The van der Waals surface area contributed by atoms with Gasteiger partial charge in [-0.25, -0.2) is 0 Å².